The molecule has 1 fully saturated rings. The number of piperidine rings is 1. The van der Waals surface area contributed by atoms with Gasteiger partial charge < -0.3 is 4.74 Å². The lowest BCUT2D eigenvalue weighted by atomic mass is 10.0. The van der Waals surface area contributed by atoms with Crippen molar-refractivity contribution in [1.82, 2.24) is 19.5 Å². The van der Waals surface area contributed by atoms with Crippen LogP contribution in [-0.2, 0) is 4.74 Å². The van der Waals surface area contributed by atoms with E-state index >= 15 is 0 Å². The highest BCUT2D eigenvalue weighted by Crippen LogP contribution is 2.28. The highest BCUT2D eigenvalue weighted by Gasteiger charge is 2.26. The van der Waals surface area contributed by atoms with Gasteiger partial charge in [0.1, 0.15) is 0 Å². The normalized spacial score (nSPS) is 19.8. The first kappa shape index (κ1) is 14.0. The fourth-order valence-corrected chi connectivity index (χ4v) is 2.94. The SMILES string of the molecule is CCN1CCCCC1c1nc2ccc(C(=O)OC)cn2n1. The van der Waals surface area contributed by atoms with Crippen LogP contribution in [0.4, 0.5) is 0 Å². The molecule has 0 radical (unpaired) electrons. The third-order valence-electron chi connectivity index (χ3n) is 4.09. The second-order valence-electron chi connectivity index (χ2n) is 5.32. The van der Waals surface area contributed by atoms with Gasteiger partial charge in [-0.1, -0.05) is 13.3 Å². The van der Waals surface area contributed by atoms with E-state index in [4.69, 9.17) is 4.74 Å². The van der Waals surface area contributed by atoms with Gasteiger partial charge >= 0.3 is 5.97 Å². The molecule has 112 valence electrons. The quantitative estimate of drug-likeness (QED) is 0.809. The number of aromatic nitrogens is 3. The van der Waals surface area contributed by atoms with Gasteiger partial charge in [-0.3, -0.25) is 4.90 Å². The van der Waals surface area contributed by atoms with Crippen LogP contribution >= 0.6 is 0 Å². The van der Waals surface area contributed by atoms with Crippen LogP contribution in [0.5, 0.6) is 0 Å². The van der Waals surface area contributed by atoms with Crippen LogP contribution in [0.15, 0.2) is 18.3 Å². The van der Waals surface area contributed by atoms with Gasteiger partial charge in [-0.15, -0.1) is 5.10 Å². The minimum atomic E-state index is -0.359. The number of hydrogen-bond acceptors (Lipinski definition) is 5. The standard InChI is InChI=1S/C15H20N4O2/c1-3-18-9-5-4-6-12(18)14-16-13-8-7-11(15(20)21-2)10-19(13)17-14/h7-8,10,12H,3-6,9H2,1-2H3. The molecule has 0 aliphatic carbocycles. The molecule has 1 aliphatic rings. The van der Waals surface area contributed by atoms with Crippen LogP contribution in [0.25, 0.3) is 5.65 Å². The largest absolute Gasteiger partial charge is 0.465 e. The molecule has 3 rings (SSSR count). The number of carbonyl (C=O) groups excluding carboxylic acids is 1. The van der Waals surface area contributed by atoms with E-state index in [0.29, 0.717) is 5.56 Å². The summed E-state index contributed by atoms with van der Waals surface area (Å²) in [6.45, 7) is 4.28. The molecule has 6 nitrogen and oxygen atoms in total. The van der Waals surface area contributed by atoms with Crippen LogP contribution in [0.2, 0.25) is 0 Å². The van der Waals surface area contributed by atoms with E-state index in [0.717, 1.165) is 31.0 Å². The Labute approximate surface area is 123 Å². The van der Waals surface area contributed by atoms with E-state index in [9.17, 15) is 4.79 Å². The van der Waals surface area contributed by atoms with E-state index in [-0.39, 0.29) is 12.0 Å². The lowest BCUT2D eigenvalue weighted by Gasteiger charge is -2.32. The summed E-state index contributed by atoms with van der Waals surface area (Å²) < 4.78 is 6.40. The second kappa shape index (κ2) is 5.81. The number of pyridine rings is 1. The summed E-state index contributed by atoms with van der Waals surface area (Å²) in [6.07, 6.45) is 5.22. The molecule has 2 aromatic heterocycles. The topological polar surface area (TPSA) is 59.7 Å². The van der Waals surface area contributed by atoms with Crippen molar-refractivity contribution >= 4 is 11.6 Å². The number of ether oxygens (including phenoxy) is 1. The fraction of sp³-hybridized carbons (Fsp3) is 0.533. The number of esters is 1. The van der Waals surface area contributed by atoms with Crippen LogP contribution < -0.4 is 0 Å². The lowest BCUT2D eigenvalue weighted by Crippen LogP contribution is -2.33. The molecule has 6 heteroatoms. The van der Waals surface area contributed by atoms with Crippen LogP contribution in [-0.4, -0.2) is 45.7 Å². The van der Waals surface area contributed by atoms with E-state index in [1.54, 1.807) is 16.8 Å². The zero-order valence-corrected chi connectivity index (χ0v) is 12.5. The Bertz CT molecular complexity index is 652. The maximum atomic E-state index is 11.6. The van der Waals surface area contributed by atoms with Crippen LogP contribution in [0.3, 0.4) is 0 Å². The Morgan fingerprint density at radius 2 is 2.29 bits per heavy atom. The average Bonchev–Trinajstić information content (AvgIpc) is 2.96. The van der Waals surface area contributed by atoms with Gasteiger partial charge in [0.15, 0.2) is 11.5 Å². The predicted octanol–water partition coefficient (Wildman–Crippen LogP) is 2.06. The molecule has 1 unspecified atom stereocenters. The monoisotopic (exact) mass is 288 g/mol. The van der Waals surface area contributed by atoms with E-state index in [1.165, 1.54) is 20.0 Å². The first-order chi connectivity index (χ1) is 10.2. The Balaban J connectivity index is 1.94. The third-order valence-corrected chi connectivity index (χ3v) is 4.09. The third kappa shape index (κ3) is 2.63. The zero-order valence-electron chi connectivity index (χ0n) is 12.5. The average molecular weight is 288 g/mol. The molecular formula is C15H20N4O2. The van der Waals surface area contributed by atoms with Gasteiger partial charge in [0.05, 0.1) is 18.7 Å². The van der Waals surface area contributed by atoms with E-state index < -0.39 is 0 Å². The van der Waals surface area contributed by atoms with Gasteiger partial charge in [-0.05, 0) is 38.1 Å². The van der Waals surface area contributed by atoms with Crippen molar-refractivity contribution in [3.63, 3.8) is 0 Å². The minimum absolute atomic E-state index is 0.283. The van der Waals surface area contributed by atoms with Crippen molar-refractivity contribution in [2.24, 2.45) is 0 Å². The molecule has 1 aliphatic heterocycles. The van der Waals surface area contributed by atoms with Crippen molar-refractivity contribution < 1.29 is 9.53 Å². The number of methoxy groups -OCH3 is 1. The molecule has 0 saturated carbocycles. The zero-order chi connectivity index (χ0) is 14.8. The van der Waals surface area contributed by atoms with Gasteiger partial charge in [0, 0.05) is 6.20 Å². The van der Waals surface area contributed by atoms with Gasteiger partial charge in [-0.2, -0.15) is 0 Å². The summed E-state index contributed by atoms with van der Waals surface area (Å²) in [5.74, 6) is 0.486. The Kier molecular flexibility index (Phi) is 3.88. The van der Waals surface area contributed by atoms with Crippen molar-refractivity contribution in [3.05, 3.63) is 29.7 Å². The maximum Gasteiger partial charge on any atom is 0.339 e. The molecule has 0 spiro atoms. The van der Waals surface area contributed by atoms with Gasteiger partial charge in [0.25, 0.3) is 0 Å². The Hall–Kier alpha value is -1.95. The lowest BCUT2D eigenvalue weighted by molar-refractivity contribution is 0.0600. The molecule has 21 heavy (non-hydrogen) atoms. The Morgan fingerprint density at radius 3 is 3.05 bits per heavy atom. The number of carbonyl (C=O) groups is 1. The Morgan fingerprint density at radius 1 is 1.43 bits per heavy atom. The van der Waals surface area contributed by atoms with E-state index in [2.05, 4.69) is 21.9 Å². The van der Waals surface area contributed by atoms with Crippen molar-refractivity contribution in [3.8, 4) is 0 Å². The van der Waals surface area contributed by atoms with Crippen molar-refractivity contribution in [2.45, 2.75) is 32.2 Å². The summed E-state index contributed by atoms with van der Waals surface area (Å²) in [7, 11) is 1.38. The summed E-state index contributed by atoms with van der Waals surface area (Å²) in [5, 5.41) is 4.57. The van der Waals surface area contributed by atoms with Crippen LogP contribution in [0, 0.1) is 0 Å². The molecule has 1 saturated heterocycles. The molecular weight excluding hydrogens is 268 g/mol. The summed E-state index contributed by atoms with van der Waals surface area (Å²) in [5.41, 5.74) is 1.25. The highest BCUT2D eigenvalue weighted by atomic mass is 16.5. The first-order valence-electron chi connectivity index (χ1n) is 7.41. The van der Waals surface area contributed by atoms with Crippen molar-refractivity contribution in [1.29, 1.82) is 0 Å². The van der Waals surface area contributed by atoms with E-state index in [1.807, 2.05) is 6.07 Å². The number of rotatable bonds is 3. The molecule has 0 bridgehead atoms. The number of fused-ring (bicyclic) bond motifs is 1. The van der Waals surface area contributed by atoms with Crippen molar-refractivity contribution in [2.75, 3.05) is 20.2 Å². The number of nitrogens with zero attached hydrogens (tertiary/aromatic N) is 4. The predicted molar refractivity (Wildman–Crippen MR) is 78.2 cm³/mol. The number of hydrogen-bond donors (Lipinski definition) is 0. The summed E-state index contributed by atoms with van der Waals surface area (Å²) >= 11 is 0. The number of likely N-dealkylation sites (tertiary alicyclic amines) is 1. The smallest absolute Gasteiger partial charge is 0.339 e. The second-order valence-corrected chi connectivity index (χ2v) is 5.32. The minimum Gasteiger partial charge on any atom is -0.465 e. The molecule has 1 atom stereocenters. The molecule has 2 aromatic rings. The van der Waals surface area contributed by atoms with Gasteiger partial charge in [-0.25, -0.2) is 14.3 Å². The van der Waals surface area contributed by atoms with Gasteiger partial charge in [0.2, 0.25) is 0 Å². The highest BCUT2D eigenvalue weighted by molar-refractivity contribution is 5.89. The summed E-state index contributed by atoms with van der Waals surface area (Å²) in [6, 6.07) is 3.81. The van der Waals surface area contributed by atoms with Crippen LogP contribution in [0.1, 0.15) is 48.4 Å². The molecule has 3 heterocycles. The molecule has 0 aromatic carbocycles. The maximum absolute atomic E-state index is 11.6. The first-order valence-corrected chi connectivity index (χ1v) is 7.41. The summed E-state index contributed by atoms with van der Waals surface area (Å²) in [4.78, 5) is 18.6. The fourth-order valence-electron chi connectivity index (χ4n) is 2.94. The molecule has 0 N–H and O–H groups in total. The molecule has 0 amide bonds.